The lowest BCUT2D eigenvalue weighted by Crippen LogP contribution is -2.18. The highest BCUT2D eigenvalue weighted by molar-refractivity contribution is 6.32. The number of alkyl halides is 3. The van der Waals surface area contributed by atoms with Crippen LogP contribution in [0.1, 0.15) is 11.1 Å². The zero-order chi connectivity index (χ0) is 15.6. The van der Waals surface area contributed by atoms with Gasteiger partial charge in [0.2, 0.25) is 0 Å². The Labute approximate surface area is 123 Å². The number of hydrogen-bond donors (Lipinski definition) is 2. The first-order valence-corrected chi connectivity index (χ1v) is 6.15. The highest BCUT2D eigenvalue weighted by Gasteiger charge is 2.34. The number of nitrogens with one attached hydrogen (secondary N) is 1. The normalized spacial score (nSPS) is 11.2. The molecule has 2 aromatic carbocycles. The Hall–Kier alpha value is -2.21. The summed E-state index contributed by atoms with van der Waals surface area (Å²) in [5.74, 6) is -0.463. The second-order valence-electron chi connectivity index (χ2n) is 4.15. The zero-order valence-electron chi connectivity index (χ0n) is 10.5. The van der Waals surface area contributed by atoms with Crippen LogP contribution in [0.4, 0.5) is 13.2 Å². The van der Waals surface area contributed by atoms with Gasteiger partial charge in [-0.2, -0.15) is 13.2 Å². The molecule has 7 heteroatoms. The highest BCUT2D eigenvalue weighted by atomic mass is 35.5. The fourth-order valence-corrected chi connectivity index (χ4v) is 1.89. The molecule has 0 amide bonds. The van der Waals surface area contributed by atoms with E-state index in [1.165, 1.54) is 12.1 Å². The number of amidine groups is 1. The average molecular weight is 315 g/mol. The molecule has 0 fully saturated rings. The first-order chi connectivity index (χ1) is 9.79. The number of para-hydroxylation sites is 1. The number of ether oxygens (including phenoxy) is 1. The lowest BCUT2D eigenvalue weighted by atomic mass is 10.1. The summed E-state index contributed by atoms with van der Waals surface area (Å²) in [6, 6.07) is 9.61. The van der Waals surface area contributed by atoms with Gasteiger partial charge in [-0.25, -0.2) is 0 Å². The SMILES string of the molecule is N=C(N)c1ccc(Oc2ccccc2Cl)cc1C(F)(F)F. The molecule has 3 N–H and O–H groups in total. The van der Waals surface area contributed by atoms with Crippen LogP contribution in [0.5, 0.6) is 11.5 Å². The van der Waals surface area contributed by atoms with Crippen molar-refractivity contribution in [3.05, 3.63) is 58.6 Å². The van der Waals surface area contributed by atoms with E-state index in [4.69, 9.17) is 27.5 Å². The van der Waals surface area contributed by atoms with Crippen molar-refractivity contribution in [2.75, 3.05) is 0 Å². The van der Waals surface area contributed by atoms with Crippen LogP contribution in [0.15, 0.2) is 42.5 Å². The van der Waals surface area contributed by atoms with Crippen molar-refractivity contribution in [2.24, 2.45) is 5.73 Å². The Morgan fingerprint density at radius 2 is 1.81 bits per heavy atom. The van der Waals surface area contributed by atoms with Gasteiger partial charge in [0.15, 0.2) is 0 Å². The molecule has 21 heavy (non-hydrogen) atoms. The third-order valence-electron chi connectivity index (χ3n) is 2.65. The molecule has 0 radical (unpaired) electrons. The molecular formula is C14H10ClF3N2O. The predicted molar refractivity (Wildman–Crippen MR) is 74.0 cm³/mol. The van der Waals surface area contributed by atoms with Crippen LogP contribution in [0.3, 0.4) is 0 Å². The first-order valence-electron chi connectivity index (χ1n) is 5.77. The van der Waals surface area contributed by atoms with E-state index in [9.17, 15) is 13.2 Å². The van der Waals surface area contributed by atoms with E-state index in [-0.39, 0.29) is 16.5 Å². The molecule has 0 saturated heterocycles. The molecular weight excluding hydrogens is 305 g/mol. The minimum Gasteiger partial charge on any atom is -0.456 e. The van der Waals surface area contributed by atoms with Gasteiger partial charge in [0.25, 0.3) is 0 Å². The minimum absolute atomic E-state index is 0.0413. The molecule has 0 spiro atoms. The van der Waals surface area contributed by atoms with Gasteiger partial charge in [0, 0.05) is 5.56 Å². The number of nitrogen functional groups attached to an aromatic ring is 1. The summed E-state index contributed by atoms with van der Waals surface area (Å²) in [5, 5.41) is 7.48. The third kappa shape index (κ3) is 3.46. The second-order valence-corrected chi connectivity index (χ2v) is 4.56. The van der Waals surface area contributed by atoms with Crippen molar-refractivity contribution in [3.63, 3.8) is 0 Å². The van der Waals surface area contributed by atoms with Crippen LogP contribution < -0.4 is 10.5 Å². The van der Waals surface area contributed by atoms with Crippen molar-refractivity contribution in [1.82, 2.24) is 0 Å². The summed E-state index contributed by atoms with van der Waals surface area (Å²) in [6.45, 7) is 0. The van der Waals surface area contributed by atoms with Gasteiger partial charge in [-0.05, 0) is 30.3 Å². The lowest BCUT2D eigenvalue weighted by molar-refractivity contribution is -0.137. The maximum Gasteiger partial charge on any atom is 0.417 e. The van der Waals surface area contributed by atoms with Gasteiger partial charge >= 0.3 is 6.18 Å². The van der Waals surface area contributed by atoms with Crippen molar-refractivity contribution in [3.8, 4) is 11.5 Å². The summed E-state index contributed by atoms with van der Waals surface area (Å²) in [6.07, 6.45) is -4.64. The molecule has 0 aliphatic rings. The minimum atomic E-state index is -4.64. The molecule has 3 nitrogen and oxygen atoms in total. The van der Waals surface area contributed by atoms with Crippen molar-refractivity contribution < 1.29 is 17.9 Å². The largest absolute Gasteiger partial charge is 0.456 e. The molecule has 0 aliphatic heterocycles. The monoisotopic (exact) mass is 314 g/mol. The van der Waals surface area contributed by atoms with Gasteiger partial charge < -0.3 is 10.5 Å². The maximum absolute atomic E-state index is 13.0. The topological polar surface area (TPSA) is 59.1 Å². The number of hydrogen-bond acceptors (Lipinski definition) is 2. The average Bonchev–Trinajstić information content (AvgIpc) is 2.40. The van der Waals surface area contributed by atoms with Crippen molar-refractivity contribution >= 4 is 17.4 Å². The van der Waals surface area contributed by atoms with E-state index in [0.717, 1.165) is 12.1 Å². The summed E-state index contributed by atoms with van der Waals surface area (Å²) in [5.41, 5.74) is 3.74. The molecule has 2 rings (SSSR count). The van der Waals surface area contributed by atoms with Crippen LogP contribution in [-0.4, -0.2) is 5.84 Å². The number of benzene rings is 2. The predicted octanol–water partition coefficient (Wildman–Crippen LogP) is 4.44. The van der Waals surface area contributed by atoms with Gasteiger partial charge in [0.1, 0.15) is 17.3 Å². The second kappa shape index (κ2) is 5.65. The fourth-order valence-electron chi connectivity index (χ4n) is 1.71. The lowest BCUT2D eigenvalue weighted by Gasteiger charge is -2.14. The molecule has 110 valence electrons. The summed E-state index contributed by atoms with van der Waals surface area (Å²) >= 11 is 5.88. The highest BCUT2D eigenvalue weighted by Crippen LogP contribution is 2.36. The molecule has 0 bridgehead atoms. The van der Waals surface area contributed by atoms with E-state index in [1.54, 1.807) is 18.2 Å². The number of rotatable bonds is 3. The smallest absolute Gasteiger partial charge is 0.417 e. The fraction of sp³-hybridized carbons (Fsp3) is 0.0714. The Morgan fingerprint density at radius 1 is 1.14 bits per heavy atom. The van der Waals surface area contributed by atoms with Gasteiger partial charge in [-0.3, -0.25) is 5.41 Å². The van der Waals surface area contributed by atoms with Crippen LogP contribution in [0.25, 0.3) is 0 Å². The molecule has 0 aliphatic carbocycles. The Balaban J connectivity index is 2.43. The standard InChI is InChI=1S/C14H10ClF3N2O/c15-11-3-1-2-4-12(11)21-8-5-6-9(13(19)20)10(7-8)14(16,17)18/h1-7H,(H3,19,20). The summed E-state index contributed by atoms with van der Waals surface area (Å²) in [4.78, 5) is 0. The number of nitrogens with two attached hydrogens (primary N) is 1. The van der Waals surface area contributed by atoms with E-state index in [2.05, 4.69) is 0 Å². The molecule has 0 unspecified atom stereocenters. The Bertz CT molecular complexity index is 686. The van der Waals surface area contributed by atoms with Crippen LogP contribution in [-0.2, 0) is 6.18 Å². The van der Waals surface area contributed by atoms with Crippen LogP contribution in [0, 0.1) is 5.41 Å². The molecule has 0 saturated carbocycles. The summed E-state index contributed by atoms with van der Waals surface area (Å²) in [7, 11) is 0. The van der Waals surface area contributed by atoms with E-state index < -0.39 is 23.1 Å². The van der Waals surface area contributed by atoms with E-state index in [0.29, 0.717) is 0 Å². The summed E-state index contributed by atoms with van der Waals surface area (Å²) < 4.78 is 44.3. The van der Waals surface area contributed by atoms with Crippen LogP contribution >= 0.6 is 11.6 Å². The van der Waals surface area contributed by atoms with Gasteiger partial charge in [-0.1, -0.05) is 23.7 Å². The zero-order valence-corrected chi connectivity index (χ0v) is 11.3. The molecule has 0 atom stereocenters. The van der Waals surface area contributed by atoms with Crippen molar-refractivity contribution in [1.29, 1.82) is 5.41 Å². The third-order valence-corrected chi connectivity index (χ3v) is 2.96. The van der Waals surface area contributed by atoms with E-state index in [1.807, 2.05) is 0 Å². The maximum atomic E-state index is 13.0. The van der Waals surface area contributed by atoms with Gasteiger partial charge in [-0.15, -0.1) is 0 Å². The first kappa shape index (κ1) is 15.2. The quantitative estimate of drug-likeness (QED) is 0.650. The molecule has 0 aromatic heterocycles. The molecule has 0 heterocycles. The van der Waals surface area contributed by atoms with Gasteiger partial charge in [0.05, 0.1) is 10.6 Å². The number of halogens is 4. The Kier molecular flexibility index (Phi) is 4.09. The van der Waals surface area contributed by atoms with Crippen LogP contribution in [0.2, 0.25) is 5.02 Å². The van der Waals surface area contributed by atoms with E-state index >= 15 is 0 Å². The van der Waals surface area contributed by atoms with Crippen molar-refractivity contribution in [2.45, 2.75) is 6.18 Å². The Morgan fingerprint density at radius 3 is 2.38 bits per heavy atom. The molecule has 2 aromatic rings.